The fourth-order valence-corrected chi connectivity index (χ4v) is 1.82. The van der Waals surface area contributed by atoms with E-state index in [9.17, 15) is 4.79 Å². The summed E-state index contributed by atoms with van der Waals surface area (Å²) < 4.78 is 5.25. The van der Waals surface area contributed by atoms with Crippen molar-refractivity contribution in [3.8, 4) is 0 Å². The average Bonchev–Trinajstić information content (AvgIpc) is 2.37. The van der Waals surface area contributed by atoms with E-state index in [2.05, 4.69) is 10.6 Å². The second kappa shape index (κ2) is 7.26. The Hall–Kier alpha value is -1.59. The van der Waals surface area contributed by atoms with E-state index in [0.29, 0.717) is 12.1 Å². The fourth-order valence-electron chi connectivity index (χ4n) is 1.82. The minimum absolute atomic E-state index is 0.0226. The van der Waals surface area contributed by atoms with Crippen LogP contribution >= 0.6 is 0 Å². The van der Waals surface area contributed by atoms with Gasteiger partial charge in [-0.1, -0.05) is 12.1 Å². The molecule has 1 aromatic carbocycles. The van der Waals surface area contributed by atoms with Crippen LogP contribution in [0.4, 0.5) is 10.5 Å². The Morgan fingerprint density at radius 1 is 1.45 bits per heavy atom. The number of hydrogen-bond acceptors (Lipinski definition) is 3. The third kappa shape index (κ3) is 5.19. The van der Waals surface area contributed by atoms with Gasteiger partial charge >= 0.3 is 6.03 Å². The predicted octanol–water partition coefficient (Wildman–Crippen LogP) is 2.68. The van der Waals surface area contributed by atoms with Gasteiger partial charge < -0.3 is 20.5 Å². The number of amides is 2. The second-order valence-electron chi connectivity index (χ2n) is 5.44. The number of rotatable bonds is 6. The van der Waals surface area contributed by atoms with Crippen molar-refractivity contribution in [3.63, 3.8) is 0 Å². The summed E-state index contributed by atoms with van der Waals surface area (Å²) in [6.07, 6.45) is 0.479. The molecule has 0 aromatic heterocycles. The fraction of sp³-hybridized carbons (Fsp3) is 0.533. The first kappa shape index (κ1) is 16.5. The molecule has 112 valence electrons. The van der Waals surface area contributed by atoms with Gasteiger partial charge in [-0.15, -0.1) is 0 Å². The Kier molecular flexibility index (Phi) is 5.98. The Labute approximate surface area is 120 Å². The predicted molar refractivity (Wildman–Crippen MR) is 79.8 cm³/mol. The van der Waals surface area contributed by atoms with E-state index in [1.54, 1.807) is 7.11 Å². The molecule has 1 aromatic rings. The average molecular weight is 280 g/mol. The zero-order chi connectivity index (χ0) is 15.2. The van der Waals surface area contributed by atoms with Crippen molar-refractivity contribution >= 4 is 11.7 Å². The molecule has 3 N–H and O–H groups in total. The summed E-state index contributed by atoms with van der Waals surface area (Å²) in [6, 6.07) is 7.24. The molecular formula is C15H24N2O3. The lowest BCUT2D eigenvalue weighted by Crippen LogP contribution is -2.46. The van der Waals surface area contributed by atoms with Gasteiger partial charge in [0.25, 0.3) is 0 Å². The summed E-state index contributed by atoms with van der Waals surface area (Å²) in [6.45, 7) is 5.72. The highest BCUT2D eigenvalue weighted by atomic mass is 16.5. The van der Waals surface area contributed by atoms with E-state index in [4.69, 9.17) is 9.84 Å². The Morgan fingerprint density at radius 3 is 2.75 bits per heavy atom. The Balaban J connectivity index is 2.66. The molecule has 0 bridgehead atoms. The maximum Gasteiger partial charge on any atom is 0.319 e. The van der Waals surface area contributed by atoms with Gasteiger partial charge in [0, 0.05) is 24.9 Å². The van der Waals surface area contributed by atoms with Crippen molar-refractivity contribution in [1.82, 2.24) is 5.32 Å². The minimum Gasteiger partial charge on any atom is -0.396 e. The van der Waals surface area contributed by atoms with Crippen LogP contribution in [0.5, 0.6) is 0 Å². The van der Waals surface area contributed by atoms with E-state index in [1.807, 2.05) is 45.0 Å². The normalized spacial score (nSPS) is 12.8. The lowest BCUT2D eigenvalue weighted by Gasteiger charge is -2.25. The number of carbonyl (C=O) groups excluding carboxylic acids is 1. The smallest absolute Gasteiger partial charge is 0.319 e. The van der Waals surface area contributed by atoms with Crippen molar-refractivity contribution in [2.75, 3.05) is 19.0 Å². The molecular weight excluding hydrogens is 256 g/mol. The Morgan fingerprint density at radius 2 is 2.15 bits per heavy atom. The topological polar surface area (TPSA) is 70.6 Å². The number of carbonyl (C=O) groups is 1. The van der Waals surface area contributed by atoms with Crippen molar-refractivity contribution in [2.45, 2.75) is 38.8 Å². The van der Waals surface area contributed by atoms with Crippen LogP contribution in [-0.4, -0.2) is 30.4 Å². The van der Waals surface area contributed by atoms with Crippen LogP contribution in [0.25, 0.3) is 0 Å². The molecule has 0 radical (unpaired) electrons. The number of methoxy groups -OCH3 is 1. The minimum atomic E-state index is -0.448. The van der Waals surface area contributed by atoms with Crippen LogP contribution in [0.3, 0.4) is 0 Å². The summed E-state index contributed by atoms with van der Waals surface area (Å²) in [5, 5.41) is 14.6. The van der Waals surface area contributed by atoms with Gasteiger partial charge in [0.1, 0.15) is 0 Å². The molecule has 2 amide bonds. The Bertz CT molecular complexity index is 446. The number of aliphatic hydroxyl groups is 1. The summed E-state index contributed by atoms with van der Waals surface area (Å²) >= 11 is 0. The number of nitrogens with one attached hydrogen (secondary N) is 2. The molecule has 0 aliphatic heterocycles. The van der Waals surface area contributed by atoms with Gasteiger partial charge in [-0.05, 0) is 44.9 Å². The molecule has 20 heavy (non-hydrogen) atoms. The van der Waals surface area contributed by atoms with E-state index in [-0.39, 0.29) is 18.7 Å². The van der Waals surface area contributed by atoms with Crippen LogP contribution in [0.15, 0.2) is 24.3 Å². The van der Waals surface area contributed by atoms with Crippen molar-refractivity contribution in [2.24, 2.45) is 0 Å². The van der Waals surface area contributed by atoms with Crippen molar-refractivity contribution in [1.29, 1.82) is 0 Å². The molecule has 5 nitrogen and oxygen atoms in total. The first-order chi connectivity index (χ1) is 9.38. The van der Waals surface area contributed by atoms with Gasteiger partial charge in [-0.3, -0.25) is 0 Å². The van der Waals surface area contributed by atoms with Crippen LogP contribution in [0.1, 0.15) is 38.9 Å². The number of aliphatic hydroxyl groups excluding tert-OH is 1. The van der Waals surface area contributed by atoms with E-state index < -0.39 is 5.54 Å². The van der Waals surface area contributed by atoms with E-state index in [1.165, 1.54) is 0 Å². The van der Waals surface area contributed by atoms with E-state index in [0.717, 1.165) is 5.56 Å². The summed E-state index contributed by atoms with van der Waals surface area (Å²) in [5.41, 5.74) is 1.26. The molecule has 0 fully saturated rings. The molecule has 5 heteroatoms. The zero-order valence-electron chi connectivity index (χ0n) is 12.6. The third-order valence-corrected chi connectivity index (χ3v) is 3.16. The molecule has 0 saturated heterocycles. The molecule has 0 spiro atoms. The summed E-state index contributed by atoms with van der Waals surface area (Å²) in [4.78, 5) is 11.9. The SMILES string of the molecule is COC(C)c1cccc(NC(=O)NC(C)(C)CCO)c1. The van der Waals surface area contributed by atoms with Gasteiger partial charge in [0.05, 0.1) is 6.10 Å². The first-order valence-electron chi connectivity index (χ1n) is 6.71. The number of urea groups is 1. The van der Waals surface area contributed by atoms with Gasteiger partial charge in [-0.25, -0.2) is 4.79 Å². The van der Waals surface area contributed by atoms with Crippen molar-refractivity contribution < 1.29 is 14.6 Å². The quantitative estimate of drug-likeness (QED) is 0.750. The van der Waals surface area contributed by atoms with Crippen LogP contribution in [0, 0.1) is 0 Å². The highest BCUT2D eigenvalue weighted by Gasteiger charge is 2.19. The number of ether oxygens (including phenoxy) is 1. The van der Waals surface area contributed by atoms with Crippen molar-refractivity contribution in [3.05, 3.63) is 29.8 Å². The molecule has 1 atom stereocenters. The number of hydrogen-bond donors (Lipinski definition) is 3. The second-order valence-corrected chi connectivity index (χ2v) is 5.44. The number of benzene rings is 1. The van der Waals surface area contributed by atoms with Crippen LogP contribution in [0.2, 0.25) is 0 Å². The van der Waals surface area contributed by atoms with Gasteiger partial charge in [0.15, 0.2) is 0 Å². The van der Waals surface area contributed by atoms with Crippen LogP contribution < -0.4 is 10.6 Å². The first-order valence-corrected chi connectivity index (χ1v) is 6.71. The maximum atomic E-state index is 11.9. The molecule has 1 unspecified atom stereocenters. The standard InChI is InChI=1S/C15H24N2O3/c1-11(20-4)12-6-5-7-13(10-12)16-14(19)17-15(2,3)8-9-18/h5-7,10-11,18H,8-9H2,1-4H3,(H2,16,17,19). The summed E-state index contributed by atoms with van der Waals surface area (Å²) in [7, 11) is 1.65. The molecule has 0 aliphatic rings. The largest absolute Gasteiger partial charge is 0.396 e. The molecule has 0 saturated carbocycles. The lowest BCUT2D eigenvalue weighted by molar-refractivity contribution is 0.119. The van der Waals surface area contributed by atoms with E-state index >= 15 is 0 Å². The van der Waals surface area contributed by atoms with Gasteiger partial charge in [0.2, 0.25) is 0 Å². The lowest BCUT2D eigenvalue weighted by atomic mass is 10.0. The summed E-state index contributed by atoms with van der Waals surface area (Å²) in [5.74, 6) is 0. The van der Waals surface area contributed by atoms with Crippen LogP contribution in [-0.2, 0) is 4.74 Å². The monoisotopic (exact) mass is 280 g/mol. The highest BCUT2D eigenvalue weighted by molar-refractivity contribution is 5.89. The number of anilines is 1. The zero-order valence-corrected chi connectivity index (χ0v) is 12.6. The molecule has 1 rings (SSSR count). The van der Waals surface area contributed by atoms with Gasteiger partial charge in [-0.2, -0.15) is 0 Å². The molecule has 0 heterocycles. The highest BCUT2D eigenvalue weighted by Crippen LogP contribution is 2.19. The maximum absolute atomic E-state index is 11.9. The molecule has 0 aliphatic carbocycles. The third-order valence-electron chi connectivity index (χ3n) is 3.16.